The standard InChI is InChI=1S/C49H91N9O11/c1-48(2,3)46(63)40(58(7)49(4,5)6)23-21-22-28-50-44(61)37-68-35-34-67-32-30-52-45(62)38-69-36-33-66-31-29-51-42(59)27-26-39(47(64)65)53-43(60)25-20-18-16-14-12-10-8-9-11-13-15-17-19-24-41-54-56-57-55-41/h39-40H,8-38H2,1-7H3,(H,50,61)(H,51,59)(H,52,62)(H,53,60)(H,64,65)(H,54,55,56,57)/t39-,40?/m0/s1. The predicted octanol–water partition coefficient (Wildman–Crippen LogP) is 4.85. The molecule has 0 saturated heterocycles. The minimum Gasteiger partial charge on any atom is -0.480 e. The molecule has 0 aliphatic carbocycles. The Hall–Kier alpha value is -4.11. The molecule has 69 heavy (non-hydrogen) atoms. The van der Waals surface area contributed by atoms with Crippen LogP contribution >= 0.6 is 0 Å². The summed E-state index contributed by atoms with van der Waals surface area (Å²) in [6.45, 7) is 14.3. The lowest BCUT2D eigenvalue weighted by Crippen LogP contribution is -2.51. The van der Waals surface area contributed by atoms with E-state index in [0.29, 0.717) is 13.0 Å². The van der Waals surface area contributed by atoms with E-state index in [0.717, 1.165) is 57.2 Å². The van der Waals surface area contributed by atoms with Crippen LogP contribution < -0.4 is 21.3 Å². The van der Waals surface area contributed by atoms with Crippen molar-refractivity contribution in [3.05, 3.63) is 5.82 Å². The van der Waals surface area contributed by atoms with Gasteiger partial charge >= 0.3 is 5.97 Å². The van der Waals surface area contributed by atoms with E-state index in [1.807, 2.05) is 27.8 Å². The number of carbonyl (C=O) groups is 6. The summed E-state index contributed by atoms with van der Waals surface area (Å²) in [4.78, 5) is 75.7. The Morgan fingerprint density at radius 1 is 0.580 bits per heavy atom. The molecule has 20 nitrogen and oxygen atoms in total. The van der Waals surface area contributed by atoms with Gasteiger partial charge in [-0.2, -0.15) is 5.21 Å². The summed E-state index contributed by atoms with van der Waals surface area (Å²) in [5.41, 5.74) is -0.566. The number of likely N-dealkylation sites (N-methyl/N-ethyl adjacent to an activating group) is 1. The molecule has 1 heterocycles. The van der Waals surface area contributed by atoms with Crippen molar-refractivity contribution < 1.29 is 52.8 Å². The van der Waals surface area contributed by atoms with E-state index < -0.39 is 17.4 Å². The topological polar surface area (TPSA) is 265 Å². The molecule has 0 aromatic carbocycles. The molecule has 6 N–H and O–H groups in total. The number of unbranched alkanes of at least 4 members (excludes halogenated alkanes) is 13. The lowest BCUT2D eigenvalue weighted by atomic mass is 9.83. The Balaban J connectivity index is 1.94. The Morgan fingerprint density at radius 2 is 1.07 bits per heavy atom. The molecule has 2 atom stereocenters. The van der Waals surface area contributed by atoms with Crippen molar-refractivity contribution in [2.75, 3.05) is 79.5 Å². The van der Waals surface area contributed by atoms with Crippen molar-refractivity contribution in [3.8, 4) is 0 Å². The highest BCUT2D eigenvalue weighted by molar-refractivity contribution is 5.88. The summed E-state index contributed by atoms with van der Waals surface area (Å²) < 4.78 is 21.6. The monoisotopic (exact) mass is 982 g/mol. The molecule has 0 aliphatic heterocycles. The third-order valence-corrected chi connectivity index (χ3v) is 11.6. The van der Waals surface area contributed by atoms with Crippen LogP contribution in [0.15, 0.2) is 0 Å². The lowest BCUT2D eigenvalue weighted by Gasteiger charge is -2.40. The first kappa shape index (κ1) is 62.9. The van der Waals surface area contributed by atoms with Crippen molar-refractivity contribution in [3.63, 3.8) is 0 Å². The fourth-order valence-electron chi connectivity index (χ4n) is 7.24. The van der Waals surface area contributed by atoms with E-state index in [1.54, 1.807) is 0 Å². The first-order chi connectivity index (χ1) is 32.9. The lowest BCUT2D eigenvalue weighted by molar-refractivity contribution is -0.142. The summed E-state index contributed by atoms with van der Waals surface area (Å²) in [7, 11) is 2.00. The number of tetrazole rings is 1. The number of aryl methyl sites for hydroxylation is 1. The van der Waals surface area contributed by atoms with Gasteiger partial charge in [-0.05, 0) is 66.3 Å². The maximum atomic E-state index is 13.1. The smallest absolute Gasteiger partial charge is 0.326 e. The van der Waals surface area contributed by atoms with Gasteiger partial charge in [0.15, 0.2) is 11.6 Å². The van der Waals surface area contributed by atoms with Gasteiger partial charge in [0, 0.05) is 49.9 Å². The van der Waals surface area contributed by atoms with E-state index in [9.17, 15) is 33.9 Å². The molecule has 0 fully saturated rings. The van der Waals surface area contributed by atoms with Crippen LogP contribution in [0.3, 0.4) is 0 Å². The molecule has 398 valence electrons. The molecule has 0 aliphatic rings. The van der Waals surface area contributed by atoms with Gasteiger partial charge in [0.1, 0.15) is 19.3 Å². The number of ether oxygens (including phenoxy) is 4. The summed E-state index contributed by atoms with van der Waals surface area (Å²) >= 11 is 0. The van der Waals surface area contributed by atoms with Crippen LogP contribution in [0.25, 0.3) is 0 Å². The summed E-state index contributed by atoms with van der Waals surface area (Å²) in [5, 5.41) is 34.3. The number of nitrogens with zero attached hydrogens (tertiary/aromatic N) is 4. The van der Waals surface area contributed by atoms with Crippen LogP contribution in [-0.4, -0.2) is 163 Å². The van der Waals surface area contributed by atoms with Crippen molar-refractivity contribution >= 4 is 35.4 Å². The number of amides is 4. The summed E-state index contributed by atoms with van der Waals surface area (Å²) in [6, 6.07) is -1.31. The second-order valence-electron chi connectivity index (χ2n) is 19.7. The molecule has 4 amide bonds. The van der Waals surface area contributed by atoms with E-state index >= 15 is 0 Å². The highest BCUT2D eigenvalue weighted by Gasteiger charge is 2.35. The second kappa shape index (κ2) is 38.6. The molecule has 0 saturated carbocycles. The van der Waals surface area contributed by atoms with Gasteiger partial charge in [0.25, 0.3) is 0 Å². The fourth-order valence-corrected chi connectivity index (χ4v) is 7.24. The number of rotatable bonds is 44. The van der Waals surface area contributed by atoms with Crippen LogP contribution in [0, 0.1) is 5.41 Å². The Labute approximate surface area is 412 Å². The zero-order chi connectivity index (χ0) is 51.2. The number of hydrogen-bond donors (Lipinski definition) is 6. The number of nitrogens with one attached hydrogen (secondary N) is 5. The highest BCUT2D eigenvalue weighted by atomic mass is 16.5. The van der Waals surface area contributed by atoms with Gasteiger partial charge in [-0.15, -0.1) is 10.2 Å². The van der Waals surface area contributed by atoms with Crippen LogP contribution in [0.4, 0.5) is 0 Å². The number of carboxylic acids is 1. The largest absolute Gasteiger partial charge is 0.480 e. The number of aromatic amines is 1. The van der Waals surface area contributed by atoms with Gasteiger partial charge in [-0.1, -0.05) is 96.6 Å². The predicted molar refractivity (Wildman–Crippen MR) is 263 cm³/mol. The minimum absolute atomic E-state index is 0.0186. The quantitative estimate of drug-likeness (QED) is 0.0478. The number of aromatic nitrogens is 4. The van der Waals surface area contributed by atoms with Gasteiger partial charge in [0.05, 0.1) is 45.7 Å². The highest BCUT2D eigenvalue weighted by Crippen LogP contribution is 2.26. The Kier molecular flexibility index (Phi) is 35.2. The molecule has 20 heteroatoms. The number of carbonyl (C=O) groups excluding carboxylic acids is 5. The second-order valence-corrected chi connectivity index (χ2v) is 19.7. The van der Waals surface area contributed by atoms with Gasteiger partial charge in [-0.25, -0.2) is 4.79 Å². The molecule has 0 radical (unpaired) electrons. The Morgan fingerprint density at radius 3 is 1.57 bits per heavy atom. The maximum absolute atomic E-state index is 13.1. The van der Waals surface area contributed by atoms with E-state index in [4.69, 9.17) is 18.9 Å². The molecule has 1 unspecified atom stereocenters. The van der Waals surface area contributed by atoms with E-state index in [-0.39, 0.29) is 126 Å². The molecule has 1 aromatic rings. The van der Waals surface area contributed by atoms with Crippen molar-refractivity contribution in [2.45, 2.75) is 188 Å². The average molecular weight is 982 g/mol. The number of ketones is 1. The number of carboxylic acid groups (broad SMARTS) is 1. The minimum atomic E-state index is -1.17. The fraction of sp³-hybridized carbons (Fsp3) is 0.857. The first-order valence-corrected chi connectivity index (χ1v) is 25.5. The summed E-state index contributed by atoms with van der Waals surface area (Å²) in [6.07, 6.45) is 18.2. The number of Topliss-reactive ketones (excluding diaryl/α,β-unsaturated/α-hetero) is 1. The van der Waals surface area contributed by atoms with Crippen LogP contribution in [0.2, 0.25) is 0 Å². The average Bonchev–Trinajstić information content (AvgIpc) is 3.82. The zero-order valence-electron chi connectivity index (χ0n) is 43.4. The number of hydrogen-bond acceptors (Lipinski definition) is 14. The normalized spacial score (nSPS) is 12.7. The van der Waals surface area contributed by atoms with Crippen LogP contribution in [0.5, 0.6) is 0 Å². The summed E-state index contributed by atoms with van der Waals surface area (Å²) in [5.74, 6) is -1.35. The Bertz CT molecular complexity index is 1540. The van der Waals surface area contributed by atoms with Gasteiger partial charge < -0.3 is 45.3 Å². The van der Waals surface area contributed by atoms with Crippen molar-refractivity contribution in [2.24, 2.45) is 5.41 Å². The van der Waals surface area contributed by atoms with Crippen LogP contribution in [0.1, 0.15) is 169 Å². The van der Waals surface area contributed by atoms with Gasteiger partial charge in [0.2, 0.25) is 23.6 Å². The number of H-pyrrole nitrogens is 1. The van der Waals surface area contributed by atoms with Crippen molar-refractivity contribution in [1.29, 1.82) is 0 Å². The van der Waals surface area contributed by atoms with Gasteiger partial charge in [-0.3, -0.25) is 28.9 Å². The molecular weight excluding hydrogens is 891 g/mol. The third-order valence-electron chi connectivity index (χ3n) is 11.6. The van der Waals surface area contributed by atoms with Crippen LogP contribution in [-0.2, 0) is 54.1 Å². The van der Waals surface area contributed by atoms with Crippen molar-refractivity contribution in [1.82, 2.24) is 46.8 Å². The first-order valence-electron chi connectivity index (χ1n) is 25.5. The molecule has 1 rings (SSSR count). The number of aliphatic carboxylic acids is 1. The third kappa shape index (κ3) is 34.8. The molecule has 0 bridgehead atoms. The van der Waals surface area contributed by atoms with E-state index in [2.05, 4.69) is 67.6 Å². The van der Waals surface area contributed by atoms with E-state index in [1.165, 1.54) is 51.4 Å². The molecular formula is C49H91N9O11. The maximum Gasteiger partial charge on any atom is 0.326 e. The SMILES string of the molecule is CN(C(CCCCNC(=O)COCCOCCNC(=O)COCCOCCNC(=O)CC[C@H](NC(=O)CCCCCCCCCCCCCCCc1nn[nH]n1)C(=O)O)C(=O)C(C)(C)C)C(C)(C)C. The molecule has 0 spiro atoms. The molecule has 1 aromatic heterocycles. The zero-order valence-corrected chi connectivity index (χ0v) is 43.4.